The van der Waals surface area contributed by atoms with Crippen molar-refractivity contribution in [3.63, 3.8) is 0 Å². The lowest BCUT2D eigenvalue weighted by molar-refractivity contribution is 0.514. The fraction of sp³-hybridized carbons (Fsp3) is 0.250. The second-order valence-electron chi connectivity index (χ2n) is 4.12. The minimum absolute atomic E-state index is 0.305. The first-order chi connectivity index (χ1) is 8.60. The first-order valence-electron chi connectivity index (χ1n) is 5.48. The van der Waals surface area contributed by atoms with Crippen molar-refractivity contribution in [1.82, 2.24) is 15.0 Å². The molecular formula is C12H14F2N4. The van der Waals surface area contributed by atoms with Gasteiger partial charge < -0.3 is 4.57 Å². The van der Waals surface area contributed by atoms with E-state index in [1.165, 1.54) is 12.1 Å². The van der Waals surface area contributed by atoms with Gasteiger partial charge in [-0.15, -0.1) is 0 Å². The number of hydrogen-bond acceptors (Lipinski definition) is 3. The topological polar surface area (TPSA) is 55.9 Å². The third-order valence-electron chi connectivity index (χ3n) is 2.72. The lowest BCUT2D eigenvalue weighted by Crippen LogP contribution is -2.30. The fourth-order valence-corrected chi connectivity index (χ4v) is 1.77. The van der Waals surface area contributed by atoms with Crippen LogP contribution in [0.15, 0.2) is 30.7 Å². The normalized spacial score (nSPS) is 12.7. The molecule has 0 spiro atoms. The first kappa shape index (κ1) is 12.7. The van der Waals surface area contributed by atoms with E-state index in [0.717, 1.165) is 6.07 Å². The molecule has 1 aromatic carbocycles. The summed E-state index contributed by atoms with van der Waals surface area (Å²) in [5.74, 6) is 4.28. The van der Waals surface area contributed by atoms with Crippen molar-refractivity contribution >= 4 is 0 Å². The average molecular weight is 252 g/mol. The zero-order valence-corrected chi connectivity index (χ0v) is 9.90. The van der Waals surface area contributed by atoms with E-state index < -0.39 is 11.6 Å². The highest BCUT2D eigenvalue weighted by Crippen LogP contribution is 2.18. The molecule has 0 aliphatic heterocycles. The molecule has 96 valence electrons. The lowest BCUT2D eigenvalue weighted by Gasteiger charge is -2.14. The summed E-state index contributed by atoms with van der Waals surface area (Å²) in [4.78, 5) is 4.15. The number of nitrogens with zero attached hydrogens (tertiary/aromatic N) is 2. The van der Waals surface area contributed by atoms with E-state index in [9.17, 15) is 8.78 Å². The van der Waals surface area contributed by atoms with Crippen LogP contribution in [0.25, 0.3) is 0 Å². The minimum Gasteiger partial charge on any atom is -0.340 e. The molecule has 1 aromatic heterocycles. The molecule has 0 saturated heterocycles. The first-order valence-corrected chi connectivity index (χ1v) is 5.48. The van der Waals surface area contributed by atoms with Crippen LogP contribution in [-0.2, 0) is 13.5 Å². The molecule has 0 fully saturated rings. The smallest absolute Gasteiger partial charge is 0.129 e. The Morgan fingerprint density at radius 1 is 1.44 bits per heavy atom. The highest BCUT2D eigenvalue weighted by atomic mass is 19.1. The molecule has 2 aromatic rings. The number of hydrazine groups is 1. The maximum atomic E-state index is 13.5. The average Bonchev–Trinajstić information content (AvgIpc) is 2.75. The number of rotatable bonds is 4. The van der Waals surface area contributed by atoms with Gasteiger partial charge in [0.15, 0.2) is 0 Å². The third-order valence-corrected chi connectivity index (χ3v) is 2.72. The maximum Gasteiger partial charge on any atom is 0.129 e. The van der Waals surface area contributed by atoms with Crippen LogP contribution in [0.1, 0.15) is 17.3 Å². The highest BCUT2D eigenvalue weighted by molar-refractivity contribution is 5.21. The summed E-state index contributed by atoms with van der Waals surface area (Å²) in [7, 11) is 1.84. The Morgan fingerprint density at radius 3 is 2.78 bits per heavy atom. The zero-order valence-electron chi connectivity index (χ0n) is 9.90. The van der Waals surface area contributed by atoms with Crippen LogP contribution in [0.4, 0.5) is 8.78 Å². The van der Waals surface area contributed by atoms with E-state index in [1.54, 1.807) is 17.1 Å². The van der Waals surface area contributed by atoms with Crippen LogP contribution in [0.2, 0.25) is 0 Å². The van der Waals surface area contributed by atoms with Crippen molar-refractivity contribution in [3.05, 3.63) is 53.6 Å². The molecular weight excluding hydrogens is 238 g/mol. The van der Waals surface area contributed by atoms with Crippen molar-refractivity contribution in [2.24, 2.45) is 12.9 Å². The molecule has 3 N–H and O–H groups in total. The quantitative estimate of drug-likeness (QED) is 0.639. The second kappa shape index (κ2) is 5.24. The highest BCUT2D eigenvalue weighted by Gasteiger charge is 2.15. The SMILES string of the molecule is Cn1cnc(C(Cc2ccc(F)cc2F)NN)c1. The molecule has 1 unspecified atom stereocenters. The van der Waals surface area contributed by atoms with E-state index in [2.05, 4.69) is 10.4 Å². The van der Waals surface area contributed by atoms with Gasteiger partial charge in [-0.25, -0.2) is 13.8 Å². The summed E-state index contributed by atoms with van der Waals surface area (Å²) in [5.41, 5.74) is 3.69. The largest absolute Gasteiger partial charge is 0.340 e. The van der Waals surface area contributed by atoms with Gasteiger partial charge in [-0.3, -0.25) is 11.3 Å². The molecule has 0 saturated carbocycles. The maximum absolute atomic E-state index is 13.5. The van der Waals surface area contributed by atoms with E-state index in [4.69, 9.17) is 5.84 Å². The number of nitrogens with one attached hydrogen (secondary N) is 1. The predicted molar refractivity (Wildman–Crippen MR) is 63.3 cm³/mol. The molecule has 18 heavy (non-hydrogen) atoms. The van der Waals surface area contributed by atoms with Gasteiger partial charge in [-0.2, -0.15) is 0 Å². The lowest BCUT2D eigenvalue weighted by atomic mass is 10.0. The van der Waals surface area contributed by atoms with Crippen molar-refractivity contribution in [2.45, 2.75) is 12.5 Å². The molecule has 0 aliphatic rings. The van der Waals surface area contributed by atoms with Crippen molar-refractivity contribution in [1.29, 1.82) is 0 Å². The number of hydrogen-bond donors (Lipinski definition) is 2. The molecule has 6 heteroatoms. The number of aromatic nitrogens is 2. The van der Waals surface area contributed by atoms with Crippen molar-refractivity contribution in [2.75, 3.05) is 0 Å². The Kier molecular flexibility index (Phi) is 3.69. The summed E-state index contributed by atoms with van der Waals surface area (Å²) in [6.45, 7) is 0. The van der Waals surface area contributed by atoms with Gasteiger partial charge in [0.2, 0.25) is 0 Å². The zero-order chi connectivity index (χ0) is 13.1. The number of benzene rings is 1. The molecule has 0 radical (unpaired) electrons. The summed E-state index contributed by atoms with van der Waals surface area (Å²) in [6.07, 6.45) is 3.74. The van der Waals surface area contributed by atoms with Gasteiger partial charge >= 0.3 is 0 Å². The van der Waals surface area contributed by atoms with E-state index in [-0.39, 0.29) is 6.04 Å². The molecule has 2 rings (SSSR count). The standard InChI is InChI=1S/C12H14F2N4/c1-18-6-12(16-7-18)11(17-15)4-8-2-3-9(13)5-10(8)14/h2-3,5-7,11,17H,4,15H2,1H3. The molecule has 0 aliphatic carbocycles. The molecule has 1 heterocycles. The van der Waals surface area contributed by atoms with E-state index >= 15 is 0 Å². The summed E-state index contributed by atoms with van der Waals surface area (Å²) < 4.78 is 28.1. The van der Waals surface area contributed by atoms with Crippen LogP contribution in [0.3, 0.4) is 0 Å². The van der Waals surface area contributed by atoms with Crippen molar-refractivity contribution in [3.8, 4) is 0 Å². The van der Waals surface area contributed by atoms with Gasteiger partial charge in [-0.05, 0) is 18.1 Å². The molecule has 0 amide bonds. The van der Waals surface area contributed by atoms with Crippen LogP contribution >= 0.6 is 0 Å². The van der Waals surface area contributed by atoms with E-state index in [1.807, 2.05) is 7.05 Å². The van der Waals surface area contributed by atoms with Crippen LogP contribution in [0, 0.1) is 11.6 Å². The molecule has 4 nitrogen and oxygen atoms in total. The van der Waals surface area contributed by atoms with E-state index in [0.29, 0.717) is 17.7 Å². The Balaban J connectivity index is 2.20. The third kappa shape index (κ3) is 2.72. The summed E-state index contributed by atoms with van der Waals surface area (Å²) >= 11 is 0. The number of aryl methyl sites for hydroxylation is 1. The Bertz CT molecular complexity index is 539. The van der Waals surface area contributed by atoms with Gasteiger partial charge in [0.25, 0.3) is 0 Å². The Hall–Kier alpha value is -1.79. The van der Waals surface area contributed by atoms with Crippen molar-refractivity contribution < 1.29 is 8.78 Å². The monoisotopic (exact) mass is 252 g/mol. The van der Waals surface area contributed by atoms with Crippen LogP contribution in [-0.4, -0.2) is 9.55 Å². The van der Waals surface area contributed by atoms with Crippen LogP contribution < -0.4 is 11.3 Å². The number of nitrogens with two attached hydrogens (primary N) is 1. The second-order valence-corrected chi connectivity index (χ2v) is 4.12. The van der Waals surface area contributed by atoms with Gasteiger partial charge in [0, 0.05) is 19.3 Å². The van der Waals surface area contributed by atoms with Crippen LogP contribution in [0.5, 0.6) is 0 Å². The number of imidazole rings is 1. The van der Waals surface area contributed by atoms with Gasteiger partial charge in [0.05, 0.1) is 18.1 Å². The Morgan fingerprint density at radius 2 is 2.22 bits per heavy atom. The van der Waals surface area contributed by atoms with Gasteiger partial charge in [0.1, 0.15) is 11.6 Å². The molecule has 1 atom stereocenters. The Labute approximate surface area is 103 Å². The minimum atomic E-state index is -0.591. The molecule has 0 bridgehead atoms. The fourth-order valence-electron chi connectivity index (χ4n) is 1.77. The predicted octanol–water partition coefficient (Wildman–Crippen LogP) is 1.45. The number of halogens is 2. The van der Waals surface area contributed by atoms with Gasteiger partial charge in [-0.1, -0.05) is 6.07 Å². The summed E-state index contributed by atoms with van der Waals surface area (Å²) in [6, 6.07) is 3.19. The summed E-state index contributed by atoms with van der Waals surface area (Å²) in [5, 5.41) is 0.